The SMILES string of the molecule is COc1cccc(CNCC(O)C(Cc2ccccc2)NC(=O)c2cc(C3CCCC3)cc(N3CCCCS3(O)O)c2)c1. The minimum Gasteiger partial charge on any atom is -0.497 e. The summed E-state index contributed by atoms with van der Waals surface area (Å²) >= 11 is 0. The maximum atomic E-state index is 13.9. The fraction of sp³-hybridized carbons (Fsp3) is 0.441. The number of hydrogen-bond acceptors (Lipinski definition) is 7. The van der Waals surface area contributed by atoms with E-state index in [9.17, 15) is 19.0 Å². The van der Waals surface area contributed by atoms with Gasteiger partial charge in [0.15, 0.2) is 0 Å². The van der Waals surface area contributed by atoms with Crippen LogP contribution >= 0.6 is 10.8 Å². The summed E-state index contributed by atoms with van der Waals surface area (Å²) in [5.74, 6) is 1.20. The van der Waals surface area contributed by atoms with Crippen molar-refractivity contribution in [3.05, 3.63) is 95.1 Å². The lowest BCUT2D eigenvalue weighted by molar-refractivity contribution is 0.0830. The third-order valence-corrected chi connectivity index (χ3v) is 10.5. The van der Waals surface area contributed by atoms with Gasteiger partial charge in [0.25, 0.3) is 5.91 Å². The molecule has 1 heterocycles. The first-order valence-corrected chi connectivity index (χ1v) is 17.0. The van der Waals surface area contributed by atoms with Crippen LogP contribution in [0.5, 0.6) is 5.75 Å². The molecule has 1 saturated heterocycles. The normalized spacial score (nSPS) is 19.0. The molecule has 5 rings (SSSR count). The highest BCUT2D eigenvalue weighted by Gasteiger charge is 2.30. The molecule has 2 atom stereocenters. The van der Waals surface area contributed by atoms with Crippen LogP contribution in [-0.4, -0.2) is 58.2 Å². The Hall–Kier alpha value is -3.08. The number of benzene rings is 3. The molecule has 2 unspecified atom stereocenters. The lowest BCUT2D eigenvalue weighted by atomic mass is 9.94. The summed E-state index contributed by atoms with van der Waals surface area (Å²) in [6, 6.07) is 22.9. The molecule has 232 valence electrons. The van der Waals surface area contributed by atoms with E-state index in [1.807, 2.05) is 66.7 Å². The van der Waals surface area contributed by atoms with E-state index in [1.54, 1.807) is 17.5 Å². The number of anilines is 1. The van der Waals surface area contributed by atoms with Crippen molar-refractivity contribution in [3.63, 3.8) is 0 Å². The molecule has 0 spiro atoms. The van der Waals surface area contributed by atoms with Crippen LogP contribution in [0.4, 0.5) is 5.69 Å². The average molecular weight is 608 g/mol. The molecule has 1 aliphatic carbocycles. The number of rotatable bonds is 12. The molecule has 2 aliphatic rings. The van der Waals surface area contributed by atoms with Gasteiger partial charge >= 0.3 is 0 Å². The van der Waals surface area contributed by atoms with Crippen molar-refractivity contribution < 1.29 is 23.7 Å². The Labute approximate surface area is 257 Å². The first kappa shape index (κ1) is 31.3. The van der Waals surface area contributed by atoms with E-state index >= 15 is 0 Å². The van der Waals surface area contributed by atoms with Crippen molar-refractivity contribution in [3.8, 4) is 5.75 Å². The number of aliphatic hydroxyl groups is 1. The van der Waals surface area contributed by atoms with Crippen molar-refractivity contribution in [2.75, 3.05) is 30.3 Å². The highest BCUT2D eigenvalue weighted by atomic mass is 32.3. The standard InChI is InChI=1S/C34H45N3O5S/c1-42-31-15-9-12-26(18-31)23-35-24-33(38)32(19-25-10-3-2-4-11-25)36-34(39)29-20-28(27-13-5-6-14-27)21-30(22-29)37-16-7-8-17-43(37,40)41/h2-4,9-12,15,18,20-22,27,32-33,35,38,40-41H,5-8,13-14,16-17,19,23-24H2,1H3,(H,36,39). The van der Waals surface area contributed by atoms with Crippen LogP contribution in [0.2, 0.25) is 0 Å². The molecule has 8 nitrogen and oxygen atoms in total. The first-order chi connectivity index (χ1) is 20.8. The number of nitrogens with one attached hydrogen (secondary N) is 2. The van der Waals surface area contributed by atoms with E-state index in [1.165, 1.54) is 0 Å². The molecule has 0 aromatic heterocycles. The van der Waals surface area contributed by atoms with Gasteiger partial charge in [-0.3, -0.25) is 18.2 Å². The van der Waals surface area contributed by atoms with Crippen LogP contribution in [-0.2, 0) is 13.0 Å². The average Bonchev–Trinajstić information content (AvgIpc) is 3.56. The fourth-order valence-corrected chi connectivity index (χ4v) is 7.88. The maximum Gasteiger partial charge on any atom is 0.251 e. The van der Waals surface area contributed by atoms with E-state index < -0.39 is 22.9 Å². The van der Waals surface area contributed by atoms with Crippen LogP contribution in [0.25, 0.3) is 0 Å². The van der Waals surface area contributed by atoms with E-state index in [0.29, 0.717) is 42.4 Å². The monoisotopic (exact) mass is 607 g/mol. The zero-order chi connectivity index (χ0) is 30.2. The van der Waals surface area contributed by atoms with Gasteiger partial charge in [-0.05, 0) is 85.0 Å². The zero-order valence-electron chi connectivity index (χ0n) is 25.0. The lowest BCUT2D eigenvalue weighted by Gasteiger charge is -2.47. The number of hydrogen-bond donors (Lipinski definition) is 5. The molecule has 0 radical (unpaired) electrons. The van der Waals surface area contributed by atoms with Crippen LogP contribution in [0.15, 0.2) is 72.8 Å². The van der Waals surface area contributed by atoms with Crippen molar-refractivity contribution in [1.29, 1.82) is 0 Å². The molecular weight excluding hydrogens is 562 g/mol. The Morgan fingerprint density at radius 3 is 2.49 bits per heavy atom. The minimum absolute atomic E-state index is 0.276. The summed E-state index contributed by atoms with van der Waals surface area (Å²) in [7, 11) is -1.29. The Kier molecular flexibility index (Phi) is 10.6. The number of nitrogens with zero attached hydrogens (tertiary/aromatic N) is 1. The molecule has 43 heavy (non-hydrogen) atoms. The number of carbonyl (C=O) groups excluding carboxylic acids is 1. The topological polar surface area (TPSA) is 114 Å². The summed E-state index contributed by atoms with van der Waals surface area (Å²) in [6.07, 6.45) is 5.72. The Morgan fingerprint density at radius 2 is 1.74 bits per heavy atom. The third kappa shape index (κ3) is 8.31. The Bertz CT molecular complexity index is 1350. The summed E-state index contributed by atoms with van der Waals surface area (Å²) in [5, 5.41) is 17.8. The molecule has 1 aliphatic heterocycles. The van der Waals surface area contributed by atoms with E-state index in [0.717, 1.165) is 61.0 Å². The van der Waals surface area contributed by atoms with Crippen molar-refractivity contribution in [1.82, 2.24) is 10.6 Å². The van der Waals surface area contributed by atoms with Gasteiger partial charge in [-0.25, -0.2) is 0 Å². The molecule has 0 bridgehead atoms. The highest BCUT2D eigenvalue weighted by Crippen LogP contribution is 2.50. The Balaban J connectivity index is 1.35. The smallest absolute Gasteiger partial charge is 0.251 e. The molecule has 2 fully saturated rings. The zero-order valence-corrected chi connectivity index (χ0v) is 25.8. The predicted molar refractivity (Wildman–Crippen MR) is 174 cm³/mol. The molecule has 1 saturated carbocycles. The molecule has 3 aromatic carbocycles. The van der Waals surface area contributed by atoms with Crippen molar-refractivity contribution >= 4 is 22.4 Å². The van der Waals surface area contributed by atoms with Gasteiger partial charge in [-0.2, -0.15) is 0 Å². The van der Waals surface area contributed by atoms with Gasteiger partial charge < -0.3 is 20.5 Å². The van der Waals surface area contributed by atoms with Gasteiger partial charge in [0.05, 0.1) is 30.7 Å². The second-order valence-corrected chi connectivity index (χ2v) is 13.9. The number of methoxy groups -OCH3 is 1. The summed E-state index contributed by atoms with van der Waals surface area (Å²) in [5.41, 5.74) is 4.29. The van der Waals surface area contributed by atoms with Crippen LogP contribution < -0.4 is 19.7 Å². The fourth-order valence-electron chi connectivity index (χ4n) is 6.20. The van der Waals surface area contributed by atoms with Crippen molar-refractivity contribution in [2.45, 2.75) is 69.6 Å². The first-order valence-electron chi connectivity index (χ1n) is 15.4. The van der Waals surface area contributed by atoms with Gasteiger partial charge in [0.1, 0.15) is 5.75 Å². The third-order valence-electron chi connectivity index (χ3n) is 8.60. The van der Waals surface area contributed by atoms with E-state index in [2.05, 4.69) is 10.6 Å². The van der Waals surface area contributed by atoms with Gasteiger partial charge in [0, 0.05) is 25.2 Å². The number of ether oxygens (including phenoxy) is 1. The second-order valence-electron chi connectivity index (χ2n) is 11.8. The van der Waals surface area contributed by atoms with Gasteiger partial charge in [-0.1, -0.05) is 55.3 Å². The largest absolute Gasteiger partial charge is 0.497 e. The van der Waals surface area contributed by atoms with Gasteiger partial charge in [0.2, 0.25) is 0 Å². The molecule has 1 amide bonds. The summed E-state index contributed by atoms with van der Waals surface area (Å²) in [4.78, 5) is 13.9. The van der Waals surface area contributed by atoms with E-state index in [4.69, 9.17) is 4.74 Å². The summed E-state index contributed by atoms with van der Waals surface area (Å²) in [6.45, 7) is 1.39. The second kappa shape index (κ2) is 14.6. The molecule has 3 aromatic rings. The molecule has 5 N–H and O–H groups in total. The van der Waals surface area contributed by atoms with E-state index in [-0.39, 0.29) is 12.5 Å². The summed E-state index contributed by atoms with van der Waals surface area (Å²) < 4.78 is 28.8. The van der Waals surface area contributed by atoms with Crippen LogP contribution in [0, 0.1) is 0 Å². The molecule has 9 heteroatoms. The molecular formula is C34H45N3O5S. The lowest BCUT2D eigenvalue weighted by Crippen LogP contribution is -2.48. The number of amides is 1. The number of carbonyl (C=O) groups is 1. The predicted octanol–water partition coefficient (Wildman–Crippen LogP) is 6.11. The highest BCUT2D eigenvalue weighted by molar-refractivity contribution is 8.25. The van der Waals surface area contributed by atoms with Crippen LogP contribution in [0.1, 0.15) is 71.5 Å². The van der Waals surface area contributed by atoms with Crippen molar-refractivity contribution in [2.24, 2.45) is 0 Å². The van der Waals surface area contributed by atoms with Crippen LogP contribution in [0.3, 0.4) is 0 Å². The number of aliphatic hydroxyl groups excluding tert-OH is 1. The van der Waals surface area contributed by atoms with Gasteiger partial charge in [-0.15, -0.1) is 10.8 Å². The Morgan fingerprint density at radius 1 is 0.977 bits per heavy atom. The minimum atomic E-state index is -2.93. The maximum absolute atomic E-state index is 13.9. The quantitative estimate of drug-likeness (QED) is 0.169.